The number of aryl methyl sites for hydroxylation is 4. The lowest BCUT2D eigenvalue weighted by Crippen LogP contribution is -2.19. The summed E-state index contributed by atoms with van der Waals surface area (Å²) in [7, 11) is 3.11. The number of pyridine rings is 3. The Morgan fingerprint density at radius 3 is 2.45 bits per heavy atom. The minimum Gasteiger partial charge on any atom is -0.464 e. The first-order valence-corrected chi connectivity index (χ1v) is 10.6. The number of methoxy groups -OCH3 is 1. The van der Waals surface area contributed by atoms with Crippen LogP contribution in [0.1, 0.15) is 34.1 Å². The van der Waals surface area contributed by atoms with Crippen molar-refractivity contribution in [2.45, 2.75) is 27.2 Å². The van der Waals surface area contributed by atoms with Crippen LogP contribution < -0.4 is 10.3 Å². The molecule has 0 N–H and O–H groups in total. The van der Waals surface area contributed by atoms with E-state index < -0.39 is 5.97 Å². The SMILES string of the molecule is CCc1cc(Oc2ccc(-c3cnc(C(=O)OC)c(C)c3)nc2)c2cc(C)c(=O)n(C)c2c1. The molecule has 7 nitrogen and oxygen atoms in total. The van der Waals surface area contributed by atoms with Gasteiger partial charge in [0.2, 0.25) is 0 Å². The van der Waals surface area contributed by atoms with E-state index in [0.29, 0.717) is 28.3 Å². The summed E-state index contributed by atoms with van der Waals surface area (Å²) in [6.45, 7) is 5.67. The van der Waals surface area contributed by atoms with Gasteiger partial charge in [0.1, 0.15) is 11.5 Å². The second-order valence-corrected chi connectivity index (χ2v) is 7.93. The highest BCUT2D eigenvalue weighted by atomic mass is 16.5. The molecular weight excluding hydrogens is 418 g/mol. The zero-order valence-corrected chi connectivity index (χ0v) is 19.3. The van der Waals surface area contributed by atoms with E-state index in [1.165, 1.54) is 7.11 Å². The van der Waals surface area contributed by atoms with Gasteiger partial charge in [-0.25, -0.2) is 9.78 Å². The molecule has 0 aliphatic rings. The van der Waals surface area contributed by atoms with Gasteiger partial charge in [0.05, 0.1) is 24.5 Å². The smallest absolute Gasteiger partial charge is 0.356 e. The summed E-state index contributed by atoms with van der Waals surface area (Å²) >= 11 is 0. The van der Waals surface area contributed by atoms with Crippen molar-refractivity contribution in [2.24, 2.45) is 7.05 Å². The fourth-order valence-corrected chi connectivity index (χ4v) is 3.79. The van der Waals surface area contributed by atoms with E-state index in [-0.39, 0.29) is 11.3 Å². The van der Waals surface area contributed by atoms with Gasteiger partial charge in [0, 0.05) is 29.8 Å². The van der Waals surface area contributed by atoms with Gasteiger partial charge in [-0.3, -0.25) is 9.78 Å². The van der Waals surface area contributed by atoms with Crippen molar-refractivity contribution < 1.29 is 14.3 Å². The van der Waals surface area contributed by atoms with Gasteiger partial charge in [-0.1, -0.05) is 6.92 Å². The van der Waals surface area contributed by atoms with E-state index >= 15 is 0 Å². The first-order chi connectivity index (χ1) is 15.8. The van der Waals surface area contributed by atoms with Crippen molar-refractivity contribution in [3.8, 4) is 22.8 Å². The molecule has 0 bridgehead atoms. The molecule has 0 saturated heterocycles. The number of rotatable bonds is 5. The summed E-state index contributed by atoms with van der Waals surface area (Å²) in [6.07, 6.45) is 4.07. The van der Waals surface area contributed by atoms with Crippen LogP contribution in [0.5, 0.6) is 11.5 Å². The largest absolute Gasteiger partial charge is 0.464 e. The molecule has 1 aromatic carbocycles. The number of esters is 1. The fraction of sp³-hybridized carbons (Fsp3) is 0.231. The molecule has 168 valence electrons. The van der Waals surface area contributed by atoms with E-state index in [4.69, 9.17) is 9.47 Å². The maximum atomic E-state index is 12.4. The number of hydrogen-bond donors (Lipinski definition) is 0. The molecule has 0 unspecified atom stereocenters. The van der Waals surface area contributed by atoms with Crippen LogP contribution in [0.2, 0.25) is 0 Å². The predicted molar refractivity (Wildman–Crippen MR) is 127 cm³/mol. The molecule has 4 rings (SSSR count). The zero-order valence-electron chi connectivity index (χ0n) is 19.3. The second kappa shape index (κ2) is 8.86. The molecule has 0 spiro atoms. The summed E-state index contributed by atoms with van der Waals surface area (Å²) < 4.78 is 12.6. The van der Waals surface area contributed by atoms with Crippen LogP contribution in [0.4, 0.5) is 0 Å². The van der Waals surface area contributed by atoms with Crippen LogP contribution in [-0.4, -0.2) is 27.6 Å². The molecule has 0 amide bonds. The molecule has 7 heteroatoms. The fourth-order valence-electron chi connectivity index (χ4n) is 3.79. The maximum Gasteiger partial charge on any atom is 0.356 e. The minimum absolute atomic E-state index is 0.0187. The van der Waals surface area contributed by atoms with Crippen molar-refractivity contribution in [2.75, 3.05) is 7.11 Å². The van der Waals surface area contributed by atoms with E-state index in [2.05, 4.69) is 16.9 Å². The Labute approximate surface area is 191 Å². The molecular formula is C26H25N3O4. The molecule has 0 atom stereocenters. The zero-order chi connectivity index (χ0) is 23.7. The highest BCUT2D eigenvalue weighted by Crippen LogP contribution is 2.32. The average Bonchev–Trinajstić information content (AvgIpc) is 2.83. The predicted octanol–water partition coefficient (Wildman–Crippen LogP) is 4.75. The number of ether oxygens (including phenoxy) is 2. The van der Waals surface area contributed by atoms with Gasteiger partial charge < -0.3 is 14.0 Å². The van der Waals surface area contributed by atoms with Crippen LogP contribution in [0.3, 0.4) is 0 Å². The Balaban J connectivity index is 1.68. The third-order valence-electron chi connectivity index (χ3n) is 5.67. The van der Waals surface area contributed by atoms with E-state index in [1.807, 2.05) is 36.4 Å². The van der Waals surface area contributed by atoms with Crippen molar-refractivity contribution in [1.29, 1.82) is 0 Å². The van der Waals surface area contributed by atoms with Gasteiger partial charge in [-0.2, -0.15) is 0 Å². The highest BCUT2D eigenvalue weighted by Gasteiger charge is 2.14. The van der Waals surface area contributed by atoms with E-state index in [1.54, 1.807) is 37.9 Å². The third kappa shape index (κ3) is 4.22. The Morgan fingerprint density at radius 2 is 1.82 bits per heavy atom. The van der Waals surface area contributed by atoms with Crippen LogP contribution in [-0.2, 0) is 18.2 Å². The first-order valence-electron chi connectivity index (χ1n) is 10.6. The average molecular weight is 444 g/mol. The number of carbonyl (C=O) groups excluding carboxylic acids is 1. The Morgan fingerprint density at radius 1 is 1.03 bits per heavy atom. The lowest BCUT2D eigenvalue weighted by atomic mass is 10.1. The second-order valence-electron chi connectivity index (χ2n) is 7.93. The third-order valence-corrected chi connectivity index (χ3v) is 5.67. The molecule has 33 heavy (non-hydrogen) atoms. The van der Waals surface area contributed by atoms with Crippen LogP contribution in [0.25, 0.3) is 22.2 Å². The number of nitrogens with zero attached hydrogens (tertiary/aromatic N) is 3. The molecule has 3 heterocycles. The molecule has 4 aromatic rings. The molecule has 0 radical (unpaired) electrons. The van der Waals surface area contributed by atoms with Crippen molar-refractivity contribution in [3.63, 3.8) is 0 Å². The number of fused-ring (bicyclic) bond motifs is 1. The molecule has 0 aliphatic heterocycles. The molecule has 0 aliphatic carbocycles. The maximum absolute atomic E-state index is 12.4. The van der Waals surface area contributed by atoms with E-state index in [0.717, 1.165) is 28.5 Å². The standard InChI is InChI=1S/C26H25N3O4/c1-6-17-11-22-20(10-16(3)25(30)29(22)4)23(12-17)33-19-7-8-21(27-14-19)18-9-15(2)24(28-13-18)26(31)32-5/h7-14H,6H2,1-5H3. The van der Waals surface area contributed by atoms with Crippen molar-refractivity contribution in [1.82, 2.24) is 14.5 Å². The summed E-state index contributed by atoms with van der Waals surface area (Å²) in [5, 5.41) is 0.870. The Kier molecular flexibility index (Phi) is 5.96. The number of hydrogen-bond acceptors (Lipinski definition) is 6. The molecule has 3 aromatic heterocycles. The monoisotopic (exact) mass is 443 g/mol. The Bertz CT molecular complexity index is 1420. The Hall–Kier alpha value is -4.00. The van der Waals surface area contributed by atoms with Gasteiger partial charge in [-0.05, 0) is 67.8 Å². The summed E-state index contributed by atoms with van der Waals surface area (Å²) in [4.78, 5) is 32.9. The summed E-state index contributed by atoms with van der Waals surface area (Å²) in [6, 6.07) is 11.4. The van der Waals surface area contributed by atoms with Gasteiger partial charge in [-0.15, -0.1) is 0 Å². The lowest BCUT2D eigenvalue weighted by molar-refractivity contribution is 0.0593. The number of aromatic nitrogens is 3. The topological polar surface area (TPSA) is 83.3 Å². The molecule has 0 saturated carbocycles. The van der Waals surface area contributed by atoms with Crippen molar-refractivity contribution in [3.05, 3.63) is 81.5 Å². The number of carbonyl (C=O) groups is 1. The lowest BCUT2D eigenvalue weighted by Gasteiger charge is -2.14. The highest BCUT2D eigenvalue weighted by molar-refractivity contribution is 5.89. The van der Waals surface area contributed by atoms with Crippen LogP contribution in [0, 0.1) is 13.8 Å². The van der Waals surface area contributed by atoms with Crippen LogP contribution in [0.15, 0.2) is 53.6 Å². The summed E-state index contributed by atoms with van der Waals surface area (Å²) in [5.41, 5.74) is 5.04. The van der Waals surface area contributed by atoms with Gasteiger partial charge in [0.25, 0.3) is 5.56 Å². The summed E-state index contributed by atoms with van der Waals surface area (Å²) in [5.74, 6) is 0.790. The molecule has 0 fully saturated rings. The van der Waals surface area contributed by atoms with Gasteiger partial charge in [0.15, 0.2) is 5.69 Å². The van der Waals surface area contributed by atoms with Crippen molar-refractivity contribution >= 4 is 16.9 Å². The first kappa shape index (κ1) is 22.2. The van der Waals surface area contributed by atoms with Crippen LogP contribution >= 0.6 is 0 Å². The quantitative estimate of drug-likeness (QED) is 0.414. The van der Waals surface area contributed by atoms with Gasteiger partial charge >= 0.3 is 5.97 Å². The number of benzene rings is 1. The normalized spacial score (nSPS) is 10.9. The minimum atomic E-state index is -0.468. The van der Waals surface area contributed by atoms with E-state index in [9.17, 15) is 9.59 Å².